The lowest BCUT2D eigenvalue weighted by Gasteiger charge is -2.34. The summed E-state index contributed by atoms with van der Waals surface area (Å²) >= 11 is 0. The lowest BCUT2D eigenvalue weighted by atomic mass is 10.0. The highest BCUT2D eigenvalue weighted by molar-refractivity contribution is 5.97. The van der Waals surface area contributed by atoms with Crippen molar-refractivity contribution in [3.8, 4) is 5.75 Å². The molecule has 2 aliphatic heterocycles. The smallest absolute Gasteiger partial charge is 0.328 e. The van der Waals surface area contributed by atoms with Crippen molar-refractivity contribution in [2.45, 2.75) is 57.1 Å². The molecule has 0 unspecified atom stereocenters. The van der Waals surface area contributed by atoms with Gasteiger partial charge in [-0.25, -0.2) is 4.79 Å². The lowest BCUT2D eigenvalue weighted by molar-refractivity contribution is -0.147. The molecule has 0 N–H and O–H groups in total. The van der Waals surface area contributed by atoms with Crippen molar-refractivity contribution in [2.24, 2.45) is 5.92 Å². The van der Waals surface area contributed by atoms with Crippen LogP contribution in [-0.4, -0.2) is 66.5 Å². The maximum absolute atomic E-state index is 12.9. The molecular formula is C23H30N2O5. The number of hydrogen-bond donors (Lipinski definition) is 0. The highest BCUT2D eigenvalue weighted by Gasteiger charge is 2.35. The number of carbonyl (C=O) groups is 3. The van der Waals surface area contributed by atoms with Crippen LogP contribution in [0.15, 0.2) is 24.3 Å². The Balaban J connectivity index is 1.32. The van der Waals surface area contributed by atoms with E-state index in [9.17, 15) is 14.4 Å². The van der Waals surface area contributed by atoms with Gasteiger partial charge in [-0.1, -0.05) is 0 Å². The highest BCUT2D eigenvalue weighted by atomic mass is 16.5. The summed E-state index contributed by atoms with van der Waals surface area (Å²) in [6.45, 7) is 2.07. The number of nitrogens with zero attached hydrogens (tertiary/aromatic N) is 2. The second-order valence-electron chi connectivity index (χ2n) is 8.47. The normalized spacial score (nSPS) is 22.5. The molecule has 30 heavy (non-hydrogen) atoms. The van der Waals surface area contributed by atoms with Gasteiger partial charge in [-0.15, -0.1) is 0 Å². The first-order valence-corrected chi connectivity index (χ1v) is 11.0. The van der Waals surface area contributed by atoms with Crippen LogP contribution in [0.4, 0.5) is 0 Å². The Morgan fingerprint density at radius 1 is 0.900 bits per heavy atom. The van der Waals surface area contributed by atoms with E-state index in [-0.39, 0.29) is 23.9 Å². The quantitative estimate of drug-likeness (QED) is 0.693. The molecule has 1 aromatic carbocycles. The van der Waals surface area contributed by atoms with E-state index in [1.54, 1.807) is 17.0 Å². The van der Waals surface area contributed by atoms with Crippen LogP contribution in [-0.2, 0) is 14.3 Å². The largest absolute Gasteiger partial charge is 0.490 e. The van der Waals surface area contributed by atoms with Crippen molar-refractivity contribution in [1.29, 1.82) is 0 Å². The first-order valence-electron chi connectivity index (χ1n) is 11.0. The molecule has 1 aromatic rings. The number of piperidine rings is 2. The van der Waals surface area contributed by atoms with Crippen LogP contribution in [0.25, 0.3) is 0 Å². The third-order valence-electron chi connectivity index (χ3n) is 6.32. The Labute approximate surface area is 177 Å². The second kappa shape index (κ2) is 9.06. The summed E-state index contributed by atoms with van der Waals surface area (Å²) in [7, 11) is 1.36. The van der Waals surface area contributed by atoms with E-state index in [4.69, 9.17) is 9.47 Å². The minimum atomic E-state index is -0.504. The summed E-state index contributed by atoms with van der Waals surface area (Å²) in [4.78, 5) is 40.7. The summed E-state index contributed by atoms with van der Waals surface area (Å²) in [6, 6.07) is 6.63. The molecule has 4 rings (SSSR count). The summed E-state index contributed by atoms with van der Waals surface area (Å²) < 4.78 is 11.0. The van der Waals surface area contributed by atoms with Gasteiger partial charge < -0.3 is 19.3 Å². The fourth-order valence-corrected chi connectivity index (χ4v) is 4.37. The van der Waals surface area contributed by atoms with Gasteiger partial charge in [0.05, 0.1) is 7.11 Å². The number of amides is 2. The summed E-state index contributed by atoms with van der Waals surface area (Å²) in [5.74, 6) is 0.797. The van der Waals surface area contributed by atoms with Crippen LogP contribution in [0.2, 0.25) is 0 Å². The van der Waals surface area contributed by atoms with Gasteiger partial charge in [-0.2, -0.15) is 0 Å². The number of hydrogen-bond acceptors (Lipinski definition) is 5. The Morgan fingerprint density at radius 3 is 2.23 bits per heavy atom. The van der Waals surface area contributed by atoms with Crippen molar-refractivity contribution in [2.75, 3.05) is 26.7 Å². The molecular weight excluding hydrogens is 384 g/mol. The van der Waals surface area contributed by atoms with Gasteiger partial charge in [0.15, 0.2) is 0 Å². The maximum Gasteiger partial charge on any atom is 0.328 e. The van der Waals surface area contributed by atoms with Crippen LogP contribution >= 0.6 is 0 Å². The standard InChI is InChI=1S/C23H30N2O5/c1-29-23(28)20-4-2-3-13-25(20)22(27)17-7-9-18(10-8-17)30-19-11-14-24(15-12-19)21(26)16-5-6-16/h7-10,16,19-20H,2-6,11-15H2,1H3/t20-/m1/s1. The van der Waals surface area contributed by atoms with Gasteiger partial charge in [0.25, 0.3) is 5.91 Å². The summed E-state index contributed by atoms with van der Waals surface area (Å²) in [6.07, 6.45) is 6.27. The molecule has 1 saturated carbocycles. The van der Waals surface area contributed by atoms with Crippen LogP contribution in [0.1, 0.15) is 55.3 Å². The maximum atomic E-state index is 12.9. The number of methoxy groups -OCH3 is 1. The van der Waals surface area contributed by atoms with E-state index in [1.807, 2.05) is 17.0 Å². The zero-order valence-electron chi connectivity index (χ0n) is 17.5. The molecule has 2 heterocycles. The van der Waals surface area contributed by atoms with E-state index in [2.05, 4.69) is 0 Å². The van der Waals surface area contributed by atoms with Crippen LogP contribution in [0.5, 0.6) is 5.75 Å². The molecule has 2 saturated heterocycles. The number of rotatable bonds is 5. The van der Waals surface area contributed by atoms with Crippen molar-refractivity contribution in [1.82, 2.24) is 9.80 Å². The van der Waals surface area contributed by atoms with Crippen molar-refractivity contribution < 1.29 is 23.9 Å². The second-order valence-corrected chi connectivity index (χ2v) is 8.47. The molecule has 162 valence electrons. The third kappa shape index (κ3) is 4.60. The van der Waals surface area contributed by atoms with Crippen molar-refractivity contribution in [3.05, 3.63) is 29.8 Å². The van der Waals surface area contributed by atoms with Crippen LogP contribution < -0.4 is 4.74 Å². The molecule has 2 amide bonds. The number of carbonyl (C=O) groups excluding carboxylic acids is 3. The van der Waals surface area contributed by atoms with E-state index in [0.29, 0.717) is 24.4 Å². The minimum absolute atomic E-state index is 0.0839. The molecule has 0 spiro atoms. The predicted octanol–water partition coefficient (Wildman–Crippen LogP) is 2.63. The Kier molecular flexibility index (Phi) is 6.25. The third-order valence-corrected chi connectivity index (χ3v) is 6.32. The van der Waals surface area contributed by atoms with Crippen LogP contribution in [0, 0.1) is 5.92 Å². The number of esters is 1. The number of likely N-dealkylation sites (tertiary alicyclic amines) is 2. The fourth-order valence-electron chi connectivity index (χ4n) is 4.37. The molecule has 3 fully saturated rings. The van der Waals surface area contributed by atoms with Gasteiger partial charge in [-0.3, -0.25) is 9.59 Å². The first-order chi connectivity index (χ1) is 14.6. The van der Waals surface area contributed by atoms with E-state index in [0.717, 1.165) is 57.4 Å². The SMILES string of the molecule is COC(=O)[C@H]1CCCCN1C(=O)c1ccc(OC2CCN(C(=O)C3CC3)CC2)cc1. The Hall–Kier alpha value is -2.57. The van der Waals surface area contributed by atoms with Crippen molar-refractivity contribution in [3.63, 3.8) is 0 Å². The Morgan fingerprint density at radius 2 is 1.60 bits per heavy atom. The van der Waals surface area contributed by atoms with Crippen LogP contribution in [0.3, 0.4) is 0 Å². The molecule has 3 aliphatic rings. The molecule has 7 nitrogen and oxygen atoms in total. The molecule has 7 heteroatoms. The summed E-state index contributed by atoms with van der Waals surface area (Å²) in [5.41, 5.74) is 0.544. The van der Waals surface area contributed by atoms with Gasteiger partial charge in [-0.05, 0) is 56.4 Å². The Bertz CT molecular complexity index is 781. The van der Waals surface area contributed by atoms with Gasteiger partial charge in [0.1, 0.15) is 17.9 Å². The molecule has 0 bridgehead atoms. The van der Waals surface area contributed by atoms with Gasteiger partial charge >= 0.3 is 5.97 Å². The number of ether oxygens (including phenoxy) is 2. The predicted molar refractivity (Wildman–Crippen MR) is 110 cm³/mol. The molecule has 0 aromatic heterocycles. The van der Waals surface area contributed by atoms with Crippen molar-refractivity contribution >= 4 is 17.8 Å². The zero-order chi connectivity index (χ0) is 21.1. The van der Waals surface area contributed by atoms with Gasteiger partial charge in [0, 0.05) is 44.0 Å². The molecule has 1 atom stereocenters. The minimum Gasteiger partial charge on any atom is -0.490 e. The fraction of sp³-hybridized carbons (Fsp3) is 0.609. The van der Waals surface area contributed by atoms with E-state index >= 15 is 0 Å². The number of benzene rings is 1. The van der Waals surface area contributed by atoms with Gasteiger partial charge in [0.2, 0.25) is 5.91 Å². The molecule has 0 radical (unpaired) electrons. The lowest BCUT2D eigenvalue weighted by Crippen LogP contribution is -2.48. The monoisotopic (exact) mass is 414 g/mol. The molecule has 1 aliphatic carbocycles. The zero-order valence-corrected chi connectivity index (χ0v) is 17.5. The van der Waals surface area contributed by atoms with E-state index < -0.39 is 6.04 Å². The topological polar surface area (TPSA) is 76.2 Å². The first kappa shape index (κ1) is 20.7. The highest BCUT2D eigenvalue weighted by Crippen LogP contribution is 2.32. The average molecular weight is 415 g/mol. The van der Waals surface area contributed by atoms with E-state index in [1.165, 1.54) is 7.11 Å². The average Bonchev–Trinajstić information content (AvgIpc) is 3.64. The summed E-state index contributed by atoms with van der Waals surface area (Å²) in [5, 5.41) is 0.